The molecule has 2 aliphatic rings. The van der Waals surface area contributed by atoms with E-state index in [9.17, 15) is 10.1 Å². The minimum absolute atomic E-state index is 0.0465. The van der Waals surface area contributed by atoms with Gasteiger partial charge < -0.3 is 20.4 Å². The molecule has 9 nitrogen and oxygen atoms in total. The number of hydrogen-bond acceptors (Lipinski definition) is 8. The van der Waals surface area contributed by atoms with E-state index in [0.29, 0.717) is 23.6 Å². The van der Waals surface area contributed by atoms with Crippen LogP contribution in [0.1, 0.15) is 20.3 Å². The van der Waals surface area contributed by atoms with Gasteiger partial charge in [-0.1, -0.05) is 13.8 Å². The van der Waals surface area contributed by atoms with E-state index in [1.54, 1.807) is 0 Å². The lowest BCUT2D eigenvalue weighted by atomic mass is 9.92. The third-order valence-electron chi connectivity index (χ3n) is 5.02. The van der Waals surface area contributed by atoms with Gasteiger partial charge in [0.2, 0.25) is 17.6 Å². The molecule has 0 radical (unpaired) electrons. The summed E-state index contributed by atoms with van der Waals surface area (Å²) in [4.78, 5) is 26.3. The molecule has 0 saturated carbocycles. The fraction of sp³-hybridized carbons (Fsp3) is 0.750. The Labute approximate surface area is 148 Å². The summed E-state index contributed by atoms with van der Waals surface area (Å²) in [6, 6.07) is 0. The highest BCUT2D eigenvalue weighted by atomic mass is 16.6. The van der Waals surface area contributed by atoms with Crippen molar-refractivity contribution < 1.29 is 4.92 Å². The Hall–Kier alpha value is -2.16. The van der Waals surface area contributed by atoms with Gasteiger partial charge in [-0.15, -0.1) is 0 Å². The van der Waals surface area contributed by atoms with Gasteiger partial charge in [0, 0.05) is 39.3 Å². The number of hydrogen-bond donors (Lipinski definition) is 1. The molecule has 2 N–H and O–H groups in total. The Morgan fingerprint density at radius 2 is 1.68 bits per heavy atom. The molecule has 0 spiro atoms. The third kappa shape index (κ3) is 3.76. The highest BCUT2D eigenvalue weighted by Crippen LogP contribution is 2.36. The first-order chi connectivity index (χ1) is 11.8. The number of piperidine rings is 1. The summed E-state index contributed by atoms with van der Waals surface area (Å²) in [5.74, 6) is 1.75. The highest BCUT2D eigenvalue weighted by molar-refractivity contribution is 5.71. The monoisotopic (exact) mass is 349 g/mol. The lowest BCUT2D eigenvalue weighted by molar-refractivity contribution is -0.383. The van der Waals surface area contributed by atoms with Gasteiger partial charge in [0.25, 0.3) is 0 Å². The fourth-order valence-corrected chi connectivity index (χ4v) is 3.83. The van der Waals surface area contributed by atoms with Gasteiger partial charge in [-0.05, 0) is 25.3 Å². The van der Waals surface area contributed by atoms with E-state index < -0.39 is 4.92 Å². The van der Waals surface area contributed by atoms with E-state index in [0.717, 1.165) is 45.7 Å². The summed E-state index contributed by atoms with van der Waals surface area (Å²) in [5, 5.41) is 11.6. The zero-order chi connectivity index (χ0) is 18.1. The van der Waals surface area contributed by atoms with Crippen molar-refractivity contribution in [1.29, 1.82) is 0 Å². The van der Waals surface area contributed by atoms with E-state index in [2.05, 4.69) is 40.7 Å². The molecule has 2 fully saturated rings. The van der Waals surface area contributed by atoms with Crippen LogP contribution in [0.15, 0.2) is 0 Å². The molecule has 138 valence electrons. The number of nitrogen functional groups attached to an aromatic ring is 1. The van der Waals surface area contributed by atoms with Gasteiger partial charge in [0.15, 0.2) is 0 Å². The van der Waals surface area contributed by atoms with Gasteiger partial charge in [-0.2, -0.15) is 9.97 Å². The molecule has 0 amide bonds. The molecule has 0 bridgehead atoms. The molecule has 3 rings (SSSR count). The molecule has 0 aromatic carbocycles. The second-order valence-corrected chi connectivity index (χ2v) is 7.48. The number of rotatable bonds is 3. The lowest BCUT2D eigenvalue weighted by Gasteiger charge is -2.36. The van der Waals surface area contributed by atoms with Gasteiger partial charge in [-0.25, -0.2) is 0 Å². The average Bonchev–Trinajstić information content (AvgIpc) is 2.53. The molecule has 0 aliphatic carbocycles. The largest absolute Gasteiger partial charge is 0.378 e. The molecule has 9 heteroatoms. The van der Waals surface area contributed by atoms with Crippen LogP contribution < -0.4 is 15.5 Å². The summed E-state index contributed by atoms with van der Waals surface area (Å²) >= 11 is 0. The van der Waals surface area contributed by atoms with Crippen molar-refractivity contribution in [3.8, 4) is 0 Å². The molecule has 3 heterocycles. The Balaban J connectivity index is 1.97. The van der Waals surface area contributed by atoms with Crippen molar-refractivity contribution in [2.24, 2.45) is 11.8 Å². The fourth-order valence-electron chi connectivity index (χ4n) is 3.83. The van der Waals surface area contributed by atoms with Crippen LogP contribution in [0, 0.1) is 22.0 Å². The predicted molar refractivity (Wildman–Crippen MR) is 98.0 cm³/mol. The highest BCUT2D eigenvalue weighted by Gasteiger charge is 2.32. The van der Waals surface area contributed by atoms with Crippen LogP contribution in [0.3, 0.4) is 0 Å². The molecular formula is C16H27N7O2. The normalized spacial score (nSPS) is 25.2. The quantitative estimate of drug-likeness (QED) is 0.641. The van der Waals surface area contributed by atoms with Gasteiger partial charge in [0.1, 0.15) is 0 Å². The summed E-state index contributed by atoms with van der Waals surface area (Å²) in [7, 11) is 2.07. The van der Waals surface area contributed by atoms with Crippen molar-refractivity contribution in [3.05, 3.63) is 10.1 Å². The minimum Gasteiger partial charge on any atom is -0.378 e. The first-order valence-corrected chi connectivity index (χ1v) is 8.85. The summed E-state index contributed by atoms with van der Waals surface area (Å²) in [5.41, 5.74) is 5.81. The molecule has 2 atom stereocenters. The van der Waals surface area contributed by atoms with Gasteiger partial charge >= 0.3 is 5.69 Å². The smallest absolute Gasteiger partial charge is 0.353 e. The minimum atomic E-state index is -0.456. The lowest BCUT2D eigenvalue weighted by Crippen LogP contribution is -2.45. The summed E-state index contributed by atoms with van der Waals surface area (Å²) in [6.07, 6.45) is 1.12. The zero-order valence-electron chi connectivity index (χ0n) is 15.2. The number of likely N-dealkylation sites (N-methyl/N-ethyl adjacent to an activating group) is 1. The van der Waals surface area contributed by atoms with Crippen molar-refractivity contribution >= 4 is 23.3 Å². The molecule has 25 heavy (non-hydrogen) atoms. The Morgan fingerprint density at radius 3 is 2.24 bits per heavy atom. The maximum atomic E-state index is 11.6. The maximum absolute atomic E-state index is 11.6. The third-order valence-corrected chi connectivity index (χ3v) is 5.02. The standard InChI is InChI=1S/C16H27N7O2/c1-11-8-12(2)10-22(9-11)15-13(23(24)25)14(17)18-16(19-15)21-6-4-20(3)5-7-21/h11-12H,4-10H2,1-3H3,(H2,17,18,19). The first-order valence-electron chi connectivity index (χ1n) is 8.85. The van der Waals surface area contributed by atoms with E-state index in [-0.39, 0.29) is 11.5 Å². The van der Waals surface area contributed by atoms with Crippen molar-refractivity contribution in [2.75, 3.05) is 61.8 Å². The van der Waals surface area contributed by atoms with Gasteiger partial charge in [0.05, 0.1) is 4.92 Å². The van der Waals surface area contributed by atoms with E-state index in [1.807, 2.05) is 4.90 Å². The summed E-state index contributed by atoms with van der Waals surface area (Å²) < 4.78 is 0. The van der Waals surface area contributed by atoms with Crippen molar-refractivity contribution in [2.45, 2.75) is 20.3 Å². The van der Waals surface area contributed by atoms with Gasteiger partial charge in [-0.3, -0.25) is 10.1 Å². The Kier molecular flexibility index (Phi) is 4.94. The number of nitrogens with two attached hydrogens (primary N) is 1. The van der Waals surface area contributed by atoms with Crippen LogP contribution >= 0.6 is 0 Å². The molecule has 2 saturated heterocycles. The van der Waals surface area contributed by atoms with Crippen LogP contribution in [0.5, 0.6) is 0 Å². The van der Waals surface area contributed by atoms with E-state index in [1.165, 1.54) is 0 Å². The number of anilines is 3. The molecule has 2 unspecified atom stereocenters. The number of aromatic nitrogens is 2. The zero-order valence-corrected chi connectivity index (χ0v) is 15.2. The van der Waals surface area contributed by atoms with E-state index >= 15 is 0 Å². The maximum Gasteiger partial charge on any atom is 0.353 e. The summed E-state index contributed by atoms with van der Waals surface area (Å²) in [6.45, 7) is 9.25. The molecule has 1 aromatic rings. The van der Waals surface area contributed by atoms with Crippen molar-refractivity contribution in [1.82, 2.24) is 14.9 Å². The van der Waals surface area contributed by atoms with Crippen LogP contribution in [0.25, 0.3) is 0 Å². The number of piperazine rings is 1. The van der Waals surface area contributed by atoms with Crippen LogP contribution in [-0.4, -0.2) is 66.1 Å². The first kappa shape index (κ1) is 17.7. The Morgan fingerprint density at radius 1 is 1.08 bits per heavy atom. The SMILES string of the molecule is CC1CC(C)CN(c2nc(N3CCN(C)CC3)nc(N)c2[N+](=O)[O-])C1. The van der Waals surface area contributed by atoms with Crippen LogP contribution in [0.2, 0.25) is 0 Å². The van der Waals surface area contributed by atoms with Crippen LogP contribution in [-0.2, 0) is 0 Å². The Bertz CT molecular complexity index is 636. The topological polar surface area (TPSA) is 105 Å². The number of nitro groups is 1. The average molecular weight is 349 g/mol. The van der Waals surface area contributed by atoms with Crippen molar-refractivity contribution in [3.63, 3.8) is 0 Å². The molecule has 2 aliphatic heterocycles. The molecular weight excluding hydrogens is 322 g/mol. The predicted octanol–water partition coefficient (Wildman–Crippen LogP) is 1.20. The number of nitrogens with zero attached hydrogens (tertiary/aromatic N) is 6. The molecule has 1 aromatic heterocycles. The van der Waals surface area contributed by atoms with Crippen LogP contribution in [0.4, 0.5) is 23.3 Å². The second-order valence-electron chi connectivity index (χ2n) is 7.48. The van der Waals surface area contributed by atoms with E-state index in [4.69, 9.17) is 5.73 Å². The second kappa shape index (κ2) is 6.99.